The summed E-state index contributed by atoms with van der Waals surface area (Å²) in [7, 11) is 3.38. The molecule has 1 aliphatic heterocycles. The summed E-state index contributed by atoms with van der Waals surface area (Å²) in [5, 5.41) is 3.96. The summed E-state index contributed by atoms with van der Waals surface area (Å²) in [4.78, 5) is 50.3. The maximum atomic E-state index is 13.7. The van der Waals surface area contributed by atoms with Gasteiger partial charge in [-0.2, -0.15) is 0 Å². The molecular weight excluding hydrogens is 516 g/mol. The minimum absolute atomic E-state index is 0.00537. The molecule has 1 atom stereocenters. The number of hydrogen-bond donors (Lipinski definition) is 1. The van der Waals surface area contributed by atoms with Crippen molar-refractivity contribution >= 4 is 39.6 Å². The Morgan fingerprint density at radius 3 is 2.59 bits per heavy atom. The summed E-state index contributed by atoms with van der Waals surface area (Å²) in [5.41, 5.74) is 7.46. The Morgan fingerprint density at radius 2 is 1.80 bits per heavy atom. The Bertz CT molecular complexity index is 2000. The summed E-state index contributed by atoms with van der Waals surface area (Å²) in [6.07, 6.45) is 2.93. The molecule has 1 aliphatic carbocycles. The minimum Gasteiger partial charge on any atom is -0.347 e. The number of carbonyl (C=O) groups is 2. The van der Waals surface area contributed by atoms with Gasteiger partial charge in [0.1, 0.15) is 12.4 Å². The van der Waals surface area contributed by atoms with E-state index in [1.54, 1.807) is 29.4 Å². The third kappa shape index (κ3) is 3.79. The number of pyridine rings is 2. The average molecular weight is 547 g/mol. The van der Waals surface area contributed by atoms with E-state index in [9.17, 15) is 14.4 Å². The Balaban J connectivity index is 1.28. The van der Waals surface area contributed by atoms with Gasteiger partial charge in [-0.05, 0) is 79.3 Å². The Labute approximate surface area is 236 Å². The van der Waals surface area contributed by atoms with Crippen molar-refractivity contribution < 1.29 is 9.59 Å². The van der Waals surface area contributed by atoms with Gasteiger partial charge in [0, 0.05) is 31.2 Å². The van der Waals surface area contributed by atoms with Crippen LogP contribution in [0.2, 0.25) is 0 Å². The van der Waals surface area contributed by atoms with Crippen LogP contribution in [-0.2, 0) is 40.9 Å². The predicted octanol–water partition coefficient (Wildman–Crippen LogP) is 3.49. The fourth-order valence-corrected chi connectivity index (χ4v) is 6.60. The molecule has 41 heavy (non-hydrogen) atoms. The molecule has 9 heteroatoms. The molecule has 0 bridgehead atoms. The maximum Gasteiger partial charge on any atom is 0.329 e. The molecular formula is C32H30N6O3. The molecule has 0 saturated heterocycles. The number of fused-ring (bicyclic) bond motifs is 5. The number of nitrogens with one attached hydrogen (secondary N) is 1. The van der Waals surface area contributed by atoms with Gasteiger partial charge in [-0.1, -0.05) is 18.2 Å². The van der Waals surface area contributed by atoms with E-state index in [-0.39, 0.29) is 30.6 Å². The van der Waals surface area contributed by atoms with E-state index in [1.165, 1.54) is 4.90 Å². The van der Waals surface area contributed by atoms with Crippen molar-refractivity contribution in [3.05, 3.63) is 98.7 Å². The van der Waals surface area contributed by atoms with Crippen LogP contribution >= 0.6 is 0 Å². The maximum absolute atomic E-state index is 13.7. The number of benzene rings is 2. The molecule has 4 heterocycles. The SMILES string of the molecule is Cc1cc(C)c2c(c1)n(Cc1ccc3cc4c(cc3n1)C[C@]1(C4)C(=O)Nc3ncccc31)c(=O)n2CC(=O)N(C)C. The van der Waals surface area contributed by atoms with Crippen LogP contribution in [0.25, 0.3) is 21.9 Å². The largest absolute Gasteiger partial charge is 0.347 e. The first-order valence-corrected chi connectivity index (χ1v) is 13.7. The molecule has 2 amide bonds. The molecule has 0 saturated carbocycles. The highest BCUT2D eigenvalue weighted by atomic mass is 16.2. The van der Waals surface area contributed by atoms with Gasteiger partial charge in [0.15, 0.2) is 0 Å². The van der Waals surface area contributed by atoms with E-state index in [1.807, 2.05) is 50.2 Å². The van der Waals surface area contributed by atoms with Crippen LogP contribution in [-0.4, -0.2) is 49.9 Å². The van der Waals surface area contributed by atoms with Crippen LogP contribution in [0.1, 0.15) is 33.5 Å². The van der Waals surface area contributed by atoms with Crippen LogP contribution in [0.3, 0.4) is 0 Å². The van der Waals surface area contributed by atoms with Crippen molar-refractivity contribution in [2.24, 2.45) is 0 Å². The third-order valence-electron chi connectivity index (χ3n) is 8.60. The fraction of sp³-hybridized carbons (Fsp3) is 0.281. The van der Waals surface area contributed by atoms with Crippen molar-refractivity contribution in [2.45, 2.75) is 45.2 Å². The lowest BCUT2D eigenvalue weighted by atomic mass is 9.79. The molecule has 2 aromatic carbocycles. The summed E-state index contributed by atoms with van der Waals surface area (Å²) in [6.45, 7) is 4.23. The standard InChI is InChI=1S/C32H30N6O3/c1-18-10-19(2)28-26(11-18)37(31(41)38(28)17-27(39)36(3)4)16-23-8-7-20-12-21-14-32(15-22(21)13-25(20)34-23)24-6-5-9-33-29(24)35-30(32)40/h5-13H,14-17H2,1-4H3,(H,33,35,40)/t32-/m0/s1. The van der Waals surface area contributed by atoms with Gasteiger partial charge >= 0.3 is 5.69 Å². The van der Waals surface area contributed by atoms with Gasteiger partial charge in [-0.15, -0.1) is 0 Å². The number of amides is 2. The topological polar surface area (TPSA) is 102 Å². The highest BCUT2D eigenvalue weighted by molar-refractivity contribution is 6.06. The minimum atomic E-state index is -0.638. The number of hydrogen-bond acceptors (Lipinski definition) is 5. The van der Waals surface area contributed by atoms with Crippen LogP contribution in [0, 0.1) is 13.8 Å². The van der Waals surface area contributed by atoms with Gasteiger partial charge in [-0.3, -0.25) is 23.7 Å². The second kappa shape index (κ2) is 8.86. The van der Waals surface area contributed by atoms with Gasteiger partial charge < -0.3 is 10.2 Å². The summed E-state index contributed by atoms with van der Waals surface area (Å²) in [5.74, 6) is 0.503. The number of likely N-dealkylation sites (N-methyl/N-ethyl adjacent to an activating group) is 1. The predicted molar refractivity (Wildman–Crippen MR) is 157 cm³/mol. The summed E-state index contributed by atoms with van der Waals surface area (Å²) >= 11 is 0. The number of imidazole rings is 1. The molecule has 5 aromatic rings. The first kappa shape index (κ1) is 25.2. The monoisotopic (exact) mass is 546 g/mol. The molecule has 0 radical (unpaired) electrons. The number of aromatic nitrogens is 4. The zero-order chi connectivity index (χ0) is 28.6. The van der Waals surface area contributed by atoms with Crippen molar-refractivity contribution in [1.29, 1.82) is 0 Å². The van der Waals surface area contributed by atoms with E-state index in [4.69, 9.17) is 4.98 Å². The van der Waals surface area contributed by atoms with Gasteiger partial charge in [-0.25, -0.2) is 9.78 Å². The second-order valence-corrected chi connectivity index (χ2v) is 11.6. The molecule has 206 valence electrons. The number of anilines is 1. The van der Waals surface area contributed by atoms with Gasteiger partial charge in [0.2, 0.25) is 11.8 Å². The molecule has 0 unspecified atom stereocenters. The smallest absolute Gasteiger partial charge is 0.329 e. The quantitative estimate of drug-likeness (QED) is 0.372. The first-order valence-electron chi connectivity index (χ1n) is 13.7. The van der Waals surface area contributed by atoms with Crippen LogP contribution in [0.5, 0.6) is 0 Å². The highest BCUT2D eigenvalue weighted by Crippen LogP contribution is 2.47. The Morgan fingerprint density at radius 1 is 1.02 bits per heavy atom. The Kier molecular flexibility index (Phi) is 5.44. The van der Waals surface area contributed by atoms with E-state index >= 15 is 0 Å². The van der Waals surface area contributed by atoms with E-state index in [0.29, 0.717) is 18.7 Å². The molecule has 0 fully saturated rings. The van der Waals surface area contributed by atoms with Crippen molar-refractivity contribution in [2.75, 3.05) is 19.4 Å². The normalized spacial score (nSPS) is 17.3. The molecule has 1 spiro atoms. The first-order chi connectivity index (χ1) is 19.6. The zero-order valence-electron chi connectivity index (χ0n) is 23.5. The van der Waals surface area contributed by atoms with Crippen molar-refractivity contribution in [3.63, 3.8) is 0 Å². The lowest BCUT2D eigenvalue weighted by molar-refractivity contribution is -0.129. The van der Waals surface area contributed by atoms with E-state index in [2.05, 4.69) is 22.4 Å². The lowest BCUT2D eigenvalue weighted by Crippen LogP contribution is -2.35. The molecule has 7 rings (SSSR count). The Hall–Kier alpha value is -4.79. The van der Waals surface area contributed by atoms with Crippen molar-refractivity contribution in [1.82, 2.24) is 24.0 Å². The molecule has 1 N–H and O–H groups in total. The van der Waals surface area contributed by atoms with Crippen molar-refractivity contribution in [3.8, 4) is 0 Å². The molecule has 2 aliphatic rings. The molecule has 3 aromatic heterocycles. The number of nitrogens with zero attached hydrogens (tertiary/aromatic N) is 5. The van der Waals surface area contributed by atoms with Gasteiger partial charge in [0.25, 0.3) is 0 Å². The average Bonchev–Trinajstić information content (AvgIpc) is 3.53. The van der Waals surface area contributed by atoms with Crippen LogP contribution < -0.4 is 11.0 Å². The number of carbonyl (C=O) groups excluding carboxylic acids is 2. The third-order valence-corrected chi connectivity index (χ3v) is 8.60. The number of rotatable bonds is 4. The van der Waals surface area contributed by atoms with E-state index in [0.717, 1.165) is 55.4 Å². The van der Waals surface area contributed by atoms with Gasteiger partial charge in [0.05, 0.1) is 34.2 Å². The van der Waals surface area contributed by atoms with Crippen LogP contribution in [0.4, 0.5) is 5.82 Å². The fourth-order valence-electron chi connectivity index (χ4n) is 6.60. The summed E-state index contributed by atoms with van der Waals surface area (Å²) < 4.78 is 3.28. The molecule has 9 nitrogen and oxygen atoms in total. The second-order valence-electron chi connectivity index (χ2n) is 11.6. The zero-order valence-corrected chi connectivity index (χ0v) is 23.5. The lowest BCUT2D eigenvalue weighted by Gasteiger charge is -2.20. The number of aryl methyl sites for hydroxylation is 2. The summed E-state index contributed by atoms with van der Waals surface area (Å²) in [6, 6.07) is 16.1. The van der Waals surface area contributed by atoms with Crippen LogP contribution in [0.15, 0.2) is 59.5 Å². The van der Waals surface area contributed by atoms with E-state index < -0.39 is 5.41 Å². The highest BCUT2D eigenvalue weighted by Gasteiger charge is 2.51.